The zero-order chi connectivity index (χ0) is 7.65. The van der Waals surface area contributed by atoms with Crippen LogP contribution in [-0.4, -0.2) is 20.8 Å². The molecule has 0 amide bonds. The fraction of sp³-hybridized carbons (Fsp3) is 1.00. The summed E-state index contributed by atoms with van der Waals surface area (Å²) in [5.41, 5.74) is 0. The summed E-state index contributed by atoms with van der Waals surface area (Å²) in [5, 5.41) is 27.4. The van der Waals surface area contributed by atoms with Gasteiger partial charge in [-0.3, -0.25) is 25.3 Å². The van der Waals surface area contributed by atoms with Crippen molar-refractivity contribution in [2.24, 2.45) is 0 Å². The Morgan fingerprint density at radius 2 is 1.60 bits per heavy atom. The third kappa shape index (κ3) is 2.56. The van der Waals surface area contributed by atoms with Crippen LogP contribution in [0.4, 0.5) is 0 Å². The van der Waals surface area contributed by atoms with Crippen LogP contribution in [0, 0.1) is 20.2 Å². The van der Waals surface area contributed by atoms with Crippen molar-refractivity contribution in [2.75, 3.05) is 0 Å². The summed E-state index contributed by atoms with van der Waals surface area (Å²) in [6.45, 7) is 0.493. The Kier molecular flexibility index (Phi) is 4.74. The van der Waals surface area contributed by atoms with Crippen molar-refractivity contribution in [1.29, 1.82) is 0 Å². The van der Waals surface area contributed by atoms with Crippen molar-refractivity contribution in [1.82, 2.24) is 0 Å². The molecule has 0 rings (SSSR count). The van der Waals surface area contributed by atoms with Crippen LogP contribution in [0.2, 0.25) is 0 Å². The maximum atomic E-state index is 9.58. The zero-order valence-electron chi connectivity index (χ0n) is 6.47. The summed E-state index contributed by atoms with van der Waals surface area (Å²) in [4.78, 5) is 16.4. The summed E-state index contributed by atoms with van der Waals surface area (Å²) in [5.74, 6) is -3.06. The first-order chi connectivity index (χ1) is 3.89. The van der Waals surface area contributed by atoms with Crippen molar-refractivity contribution >= 4 is 0 Å². The molecule has 7 nitrogen and oxygen atoms in total. The number of nitrogens with zero attached hydrogens (tertiary/aromatic N) is 2. The number of aliphatic hydroxyl groups is 1. The summed E-state index contributed by atoms with van der Waals surface area (Å²) in [7, 11) is 0. The van der Waals surface area contributed by atoms with Crippen LogP contribution in [0.5, 0.6) is 0 Å². The molecule has 0 aromatic carbocycles. The topological polar surface area (TPSA) is 107 Å². The van der Waals surface area contributed by atoms with Crippen molar-refractivity contribution < 1.29 is 45.9 Å². The molecule has 1 N–H and O–H groups in total. The van der Waals surface area contributed by atoms with Gasteiger partial charge in [0.2, 0.25) is 0 Å². The molecule has 0 aliphatic rings. The summed E-state index contributed by atoms with van der Waals surface area (Å²) in [6, 6.07) is 0. The van der Waals surface area contributed by atoms with E-state index in [2.05, 4.69) is 0 Å². The van der Waals surface area contributed by atoms with Crippen molar-refractivity contribution in [3.05, 3.63) is 20.2 Å². The molecule has 0 bridgehead atoms. The molecule has 8 heteroatoms. The van der Waals surface area contributed by atoms with Gasteiger partial charge in [-0.2, -0.15) is 0 Å². The average Bonchev–Trinajstić information content (AvgIpc) is 1.65. The molecule has 0 heterocycles. The van der Waals surface area contributed by atoms with E-state index in [1.807, 2.05) is 0 Å². The molecule has 10 heavy (non-hydrogen) atoms. The summed E-state index contributed by atoms with van der Waals surface area (Å²) in [6.07, 6.45) is 0. The van der Waals surface area contributed by atoms with Crippen LogP contribution in [0.1, 0.15) is 8.35 Å². The second kappa shape index (κ2) is 3.81. The molecule has 0 fully saturated rings. The Morgan fingerprint density at radius 3 is 1.60 bits per heavy atom. The molecule has 0 aromatic heterocycles. The zero-order valence-corrected chi connectivity index (χ0v) is 7.47. The minimum Gasteiger partial charge on any atom is -1.00 e. The minimum absolute atomic E-state index is 0. The molecule has 0 aliphatic carbocycles. The first-order valence-corrected chi connectivity index (χ1v) is 1.90. The van der Waals surface area contributed by atoms with Gasteiger partial charge in [0.05, 0.1) is 0 Å². The SMILES string of the molecule is CC(O)([N+](=O)[O-])[N+](=O)[O-].[H-].[Na+]. The van der Waals surface area contributed by atoms with E-state index in [0.717, 1.165) is 0 Å². The Bertz CT molecular complexity index is 145. The van der Waals surface area contributed by atoms with Crippen LogP contribution in [-0.2, 0) is 0 Å². The molecular weight excluding hydrogens is 155 g/mol. The smallest absolute Gasteiger partial charge is 1.00 e. The van der Waals surface area contributed by atoms with Gasteiger partial charge in [0, 0.05) is 0 Å². The first-order valence-electron chi connectivity index (χ1n) is 1.90. The van der Waals surface area contributed by atoms with Gasteiger partial charge in [-0.1, -0.05) is 0 Å². The van der Waals surface area contributed by atoms with Crippen molar-refractivity contribution in [3.8, 4) is 0 Å². The van der Waals surface area contributed by atoms with E-state index >= 15 is 0 Å². The van der Waals surface area contributed by atoms with Gasteiger partial charge >= 0.3 is 35.4 Å². The molecule has 0 unspecified atom stereocenters. The first kappa shape index (κ1) is 12.4. The predicted molar refractivity (Wildman–Crippen MR) is 25.7 cm³/mol. The van der Waals surface area contributed by atoms with E-state index in [-0.39, 0.29) is 31.0 Å². The maximum absolute atomic E-state index is 9.58. The molecule has 0 saturated carbocycles. The standard InChI is InChI=1S/C2H4N2O5.Na.H/c1-2(5,3(6)7)4(8)9;;/h5H,1H3;;/q;+1;-1. The van der Waals surface area contributed by atoms with Crippen LogP contribution >= 0.6 is 0 Å². The maximum Gasteiger partial charge on any atom is 1.00 e. The number of nitro groups is 2. The van der Waals surface area contributed by atoms with Gasteiger partial charge in [-0.15, -0.1) is 0 Å². The van der Waals surface area contributed by atoms with Gasteiger partial charge in [-0.25, -0.2) is 0 Å². The van der Waals surface area contributed by atoms with Gasteiger partial charge in [-0.05, 0) is 0 Å². The molecule has 0 atom stereocenters. The summed E-state index contributed by atoms with van der Waals surface area (Å²) < 4.78 is 0. The molecule has 0 radical (unpaired) electrons. The second-order valence-electron chi connectivity index (χ2n) is 1.49. The van der Waals surface area contributed by atoms with Gasteiger partial charge in [0.1, 0.15) is 16.8 Å². The molecule has 0 spiro atoms. The molecule has 0 aliphatic heterocycles. The third-order valence-corrected chi connectivity index (χ3v) is 0.692. The van der Waals surface area contributed by atoms with E-state index in [9.17, 15) is 20.2 Å². The molecular formula is C2H5N2NaO5. The minimum atomic E-state index is -3.06. The molecule has 54 valence electrons. The largest absolute Gasteiger partial charge is 1.00 e. The Morgan fingerprint density at radius 1 is 1.40 bits per heavy atom. The third-order valence-electron chi connectivity index (χ3n) is 0.692. The van der Waals surface area contributed by atoms with Crippen LogP contribution in [0.3, 0.4) is 0 Å². The molecule has 0 saturated heterocycles. The summed E-state index contributed by atoms with van der Waals surface area (Å²) >= 11 is 0. The van der Waals surface area contributed by atoms with E-state index in [0.29, 0.717) is 6.92 Å². The Hall–Kier alpha value is -0.240. The van der Waals surface area contributed by atoms with E-state index in [1.54, 1.807) is 0 Å². The Balaban J connectivity index is -0.000000320. The number of hydrogen-bond acceptors (Lipinski definition) is 5. The van der Waals surface area contributed by atoms with Crippen LogP contribution in [0.15, 0.2) is 0 Å². The average molecular weight is 160 g/mol. The van der Waals surface area contributed by atoms with Crippen LogP contribution < -0.4 is 29.6 Å². The normalized spacial score (nSPS) is 9.80. The van der Waals surface area contributed by atoms with Gasteiger partial charge in [0.15, 0.2) is 0 Å². The molecule has 0 aromatic rings. The quantitative estimate of drug-likeness (QED) is 0.194. The number of rotatable bonds is 2. The van der Waals surface area contributed by atoms with Gasteiger partial charge in [0.25, 0.3) is 0 Å². The Labute approximate surface area is 79.1 Å². The van der Waals surface area contributed by atoms with Crippen molar-refractivity contribution in [3.63, 3.8) is 0 Å². The van der Waals surface area contributed by atoms with E-state index in [1.165, 1.54) is 0 Å². The monoisotopic (exact) mass is 160 g/mol. The van der Waals surface area contributed by atoms with Crippen molar-refractivity contribution in [2.45, 2.75) is 12.8 Å². The number of hydrogen-bond donors (Lipinski definition) is 1. The second-order valence-corrected chi connectivity index (χ2v) is 1.49. The van der Waals surface area contributed by atoms with E-state index in [4.69, 9.17) is 5.11 Å². The fourth-order valence-electron chi connectivity index (χ4n) is 0.0667. The van der Waals surface area contributed by atoms with Gasteiger partial charge < -0.3 is 1.43 Å². The van der Waals surface area contributed by atoms with E-state index < -0.39 is 15.7 Å². The fourth-order valence-corrected chi connectivity index (χ4v) is 0.0667. The van der Waals surface area contributed by atoms with Crippen LogP contribution in [0.25, 0.3) is 0 Å². The predicted octanol–water partition coefficient (Wildman–Crippen LogP) is -3.68.